The molecule has 0 aliphatic carbocycles. The van der Waals surface area contributed by atoms with Gasteiger partial charge in [0.25, 0.3) is 0 Å². The summed E-state index contributed by atoms with van der Waals surface area (Å²) in [4.78, 5) is 13.6. The van der Waals surface area contributed by atoms with Gasteiger partial charge in [-0.3, -0.25) is 4.79 Å². The average Bonchev–Trinajstić information content (AvgIpc) is 3.16. The molecule has 0 bridgehead atoms. The molecule has 1 aliphatic rings. The van der Waals surface area contributed by atoms with Crippen molar-refractivity contribution >= 4 is 27.5 Å². The zero-order valence-electron chi connectivity index (χ0n) is 17.8. The lowest BCUT2D eigenvalue weighted by atomic mass is 9.97. The molecule has 1 aliphatic heterocycles. The molecule has 3 aromatic carbocycles. The molecule has 1 aromatic heterocycles. The highest BCUT2D eigenvalue weighted by atomic mass is 127. The second-order valence-electron chi connectivity index (χ2n) is 8.51. The average molecular weight is 526 g/mol. The first-order valence-corrected chi connectivity index (χ1v) is 10.7. The lowest BCUT2D eigenvalue weighted by molar-refractivity contribution is -0.917. The summed E-state index contributed by atoms with van der Waals surface area (Å²) in [6.45, 7) is 5.66. The maximum absolute atomic E-state index is 13.6. The van der Waals surface area contributed by atoms with E-state index in [2.05, 4.69) is 48.1 Å². The Labute approximate surface area is 200 Å². The third kappa shape index (κ3) is 4.27. The van der Waals surface area contributed by atoms with Gasteiger partial charge in [0.1, 0.15) is 13.1 Å². The van der Waals surface area contributed by atoms with Gasteiger partial charge < -0.3 is 37.8 Å². The molecule has 1 fully saturated rings. The van der Waals surface area contributed by atoms with E-state index in [4.69, 9.17) is 4.74 Å². The number of fused-ring (bicyclic) bond motifs is 2. The minimum atomic E-state index is 0. The Balaban J connectivity index is 0.00000231. The molecule has 0 N–H and O–H groups in total. The summed E-state index contributed by atoms with van der Waals surface area (Å²) >= 11 is 0. The number of hydrogen-bond acceptors (Lipinski definition) is 2. The molecular formula is C26H27IN2O2. The van der Waals surface area contributed by atoms with Gasteiger partial charge in [-0.05, 0) is 16.8 Å². The summed E-state index contributed by atoms with van der Waals surface area (Å²) in [6, 6.07) is 22.3. The number of ether oxygens (including phenoxy) is 1. The Morgan fingerprint density at radius 1 is 0.903 bits per heavy atom. The van der Waals surface area contributed by atoms with Crippen molar-refractivity contribution in [2.24, 2.45) is 0 Å². The molecule has 4 nitrogen and oxygen atoms in total. The standard InChI is InChI=1S/C26H27N2O2.HI/c1-28(15-17-30-18-16-28)14-13-27-19-24(22-10-4-5-12-25(22)27)26(29)23-11-6-8-20-7-2-3-9-21(20)23;/h2-12,19H,13-18H2,1H3;1H/q+1;/p-1. The van der Waals surface area contributed by atoms with Crippen LogP contribution in [0.2, 0.25) is 0 Å². The highest BCUT2D eigenvalue weighted by Gasteiger charge is 2.26. The largest absolute Gasteiger partial charge is 1.00 e. The van der Waals surface area contributed by atoms with Crippen LogP contribution in [0.4, 0.5) is 0 Å². The van der Waals surface area contributed by atoms with Crippen LogP contribution < -0.4 is 24.0 Å². The predicted molar refractivity (Wildman–Crippen MR) is 121 cm³/mol. The Morgan fingerprint density at radius 3 is 2.39 bits per heavy atom. The van der Waals surface area contributed by atoms with Crippen LogP contribution in [0.1, 0.15) is 15.9 Å². The normalized spacial score (nSPS) is 15.6. The summed E-state index contributed by atoms with van der Waals surface area (Å²) in [5.74, 6) is 0.0912. The van der Waals surface area contributed by atoms with Crippen molar-refractivity contribution in [3.63, 3.8) is 0 Å². The third-order valence-corrected chi connectivity index (χ3v) is 6.50. The second kappa shape index (κ2) is 9.10. The van der Waals surface area contributed by atoms with Crippen LogP contribution in [0.3, 0.4) is 0 Å². The third-order valence-electron chi connectivity index (χ3n) is 6.50. The first-order valence-electron chi connectivity index (χ1n) is 10.7. The molecule has 1 saturated heterocycles. The maximum Gasteiger partial charge on any atom is 0.195 e. The van der Waals surface area contributed by atoms with Gasteiger partial charge in [-0.25, -0.2) is 0 Å². The molecule has 160 valence electrons. The van der Waals surface area contributed by atoms with E-state index >= 15 is 0 Å². The highest BCUT2D eigenvalue weighted by Crippen LogP contribution is 2.27. The predicted octanol–water partition coefficient (Wildman–Crippen LogP) is 1.51. The topological polar surface area (TPSA) is 31.2 Å². The Morgan fingerprint density at radius 2 is 1.58 bits per heavy atom. The lowest BCUT2D eigenvalue weighted by Gasteiger charge is -2.37. The van der Waals surface area contributed by atoms with Crippen LogP contribution in [0.5, 0.6) is 0 Å². The molecular weight excluding hydrogens is 499 g/mol. The molecule has 0 atom stereocenters. The number of nitrogens with zero attached hydrogens (tertiary/aromatic N) is 2. The van der Waals surface area contributed by atoms with Gasteiger partial charge in [0, 0.05) is 28.2 Å². The Bertz CT molecular complexity index is 1220. The van der Waals surface area contributed by atoms with E-state index in [-0.39, 0.29) is 29.8 Å². The Hall–Kier alpha value is -2.22. The number of benzene rings is 3. The van der Waals surface area contributed by atoms with Crippen LogP contribution in [0.15, 0.2) is 72.9 Å². The number of carbonyl (C=O) groups excluding carboxylic acids is 1. The van der Waals surface area contributed by atoms with Gasteiger partial charge >= 0.3 is 0 Å². The van der Waals surface area contributed by atoms with Gasteiger partial charge in [-0.15, -0.1) is 0 Å². The van der Waals surface area contributed by atoms with Gasteiger partial charge in [0.05, 0.1) is 33.4 Å². The van der Waals surface area contributed by atoms with Crippen molar-refractivity contribution in [3.05, 3.63) is 84.1 Å². The van der Waals surface area contributed by atoms with E-state index in [1.165, 1.54) is 0 Å². The molecule has 0 radical (unpaired) electrons. The fraction of sp³-hybridized carbons (Fsp3) is 0.269. The number of rotatable bonds is 5. The molecule has 0 spiro atoms. The number of aromatic nitrogens is 1. The smallest absolute Gasteiger partial charge is 0.195 e. The summed E-state index contributed by atoms with van der Waals surface area (Å²) in [5.41, 5.74) is 2.68. The quantitative estimate of drug-likeness (QED) is 0.224. The summed E-state index contributed by atoms with van der Waals surface area (Å²) in [7, 11) is 2.30. The van der Waals surface area contributed by atoms with Crippen LogP contribution in [-0.4, -0.2) is 54.7 Å². The number of ketones is 1. The van der Waals surface area contributed by atoms with Crippen LogP contribution in [0, 0.1) is 0 Å². The number of quaternary nitrogens is 1. The summed E-state index contributed by atoms with van der Waals surface area (Å²) in [5, 5.41) is 3.13. The minimum Gasteiger partial charge on any atom is -1.00 e. The van der Waals surface area contributed by atoms with Crippen molar-refractivity contribution in [1.82, 2.24) is 4.57 Å². The van der Waals surface area contributed by atoms with E-state index in [1.54, 1.807) is 0 Å². The SMILES string of the molecule is C[N+]1(CCn2cc(C(=O)c3cccc4ccccc34)c3ccccc32)CCOCC1.[I-]. The van der Waals surface area contributed by atoms with Gasteiger partial charge in [0.2, 0.25) is 0 Å². The number of hydrogen-bond donors (Lipinski definition) is 0. The second-order valence-corrected chi connectivity index (χ2v) is 8.51. The number of carbonyl (C=O) groups is 1. The lowest BCUT2D eigenvalue weighted by Crippen LogP contribution is -3.00. The number of para-hydroxylation sites is 1. The molecule has 0 unspecified atom stereocenters. The van der Waals surface area contributed by atoms with E-state index in [9.17, 15) is 4.79 Å². The fourth-order valence-corrected chi connectivity index (χ4v) is 4.54. The highest BCUT2D eigenvalue weighted by molar-refractivity contribution is 6.21. The van der Waals surface area contributed by atoms with E-state index in [0.29, 0.717) is 0 Å². The summed E-state index contributed by atoms with van der Waals surface area (Å²) in [6.07, 6.45) is 2.06. The van der Waals surface area contributed by atoms with Crippen molar-refractivity contribution in [2.75, 3.05) is 39.9 Å². The number of morpholine rings is 1. The molecule has 0 saturated carbocycles. The molecule has 4 aromatic rings. The molecule has 5 heteroatoms. The summed E-state index contributed by atoms with van der Waals surface area (Å²) < 4.78 is 8.81. The van der Waals surface area contributed by atoms with Crippen molar-refractivity contribution in [2.45, 2.75) is 6.54 Å². The van der Waals surface area contributed by atoms with Gasteiger partial charge in [-0.2, -0.15) is 0 Å². The van der Waals surface area contributed by atoms with E-state index < -0.39 is 0 Å². The minimum absolute atomic E-state index is 0. The number of halogens is 1. The first-order chi connectivity index (χ1) is 14.6. The zero-order chi connectivity index (χ0) is 20.6. The number of likely N-dealkylation sites (N-methyl/N-ethyl adjacent to an activating group) is 1. The monoisotopic (exact) mass is 526 g/mol. The van der Waals surface area contributed by atoms with Crippen LogP contribution >= 0.6 is 0 Å². The molecule has 5 rings (SSSR count). The van der Waals surface area contributed by atoms with Crippen LogP contribution in [0.25, 0.3) is 21.7 Å². The van der Waals surface area contributed by atoms with E-state index in [1.807, 2.05) is 36.4 Å². The van der Waals surface area contributed by atoms with Crippen molar-refractivity contribution in [3.8, 4) is 0 Å². The van der Waals surface area contributed by atoms with Crippen LogP contribution in [-0.2, 0) is 11.3 Å². The Kier molecular flexibility index (Phi) is 6.46. The zero-order valence-corrected chi connectivity index (χ0v) is 19.9. The van der Waals surface area contributed by atoms with Gasteiger partial charge in [0.15, 0.2) is 5.78 Å². The molecule has 0 amide bonds. The maximum atomic E-state index is 13.6. The van der Waals surface area contributed by atoms with E-state index in [0.717, 1.165) is 76.7 Å². The first kappa shape index (κ1) is 22.0. The molecule has 2 heterocycles. The molecule has 31 heavy (non-hydrogen) atoms. The fourth-order valence-electron chi connectivity index (χ4n) is 4.54. The van der Waals surface area contributed by atoms with Gasteiger partial charge in [-0.1, -0.05) is 60.7 Å². The van der Waals surface area contributed by atoms with Crippen molar-refractivity contribution in [1.29, 1.82) is 0 Å². The van der Waals surface area contributed by atoms with Crippen molar-refractivity contribution < 1.29 is 38.0 Å².